The first-order chi connectivity index (χ1) is 10.7. The molecule has 5 rings (SSSR count). The highest BCUT2D eigenvalue weighted by atomic mass is 16.5. The number of carbonyl (C=O) groups is 2. The van der Waals surface area contributed by atoms with Gasteiger partial charge in [0.1, 0.15) is 0 Å². The third-order valence-corrected chi connectivity index (χ3v) is 5.28. The van der Waals surface area contributed by atoms with Crippen LogP contribution in [0, 0.1) is 11.8 Å². The van der Waals surface area contributed by atoms with Crippen molar-refractivity contribution >= 4 is 28.3 Å². The van der Waals surface area contributed by atoms with Crippen LogP contribution in [0.15, 0.2) is 42.5 Å². The molecular formula is C18H15NO3. The van der Waals surface area contributed by atoms with Gasteiger partial charge in [0, 0.05) is 0 Å². The maximum absolute atomic E-state index is 12.7. The molecule has 2 aromatic carbocycles. The van der Waals surface area contributed by atoms with E-state index in [1.807, 2.05) is 42.5 Å². The Labute approximate surface area is 127 Å². The number of hydrogen-bond donors (Lipinski definition) is 0. The topological polar surface area (TPSA) is 46.6 Å². The minimum absolute atomic E-state index is 0.0584. The van der Waals surface area contributed by atoms with Gasteiger partial charge in [0.15, 0.2) is 0 Å². The molecule has 3 aliphatic heterocycles. The molecule has 3 fully saturated rings. The lowest BCUT2D eigenvalue weighted by molar-refractivity contribution is -0.124. The van der Waals surface area contributed by atoms with E-state index >= 15 is 0 Å². The predicted molar refractivity (Wildman–Crippen MR) is 81.3 cm³/mol. The normalized spacial score (nSPS) is 33.0. The maximum Gasteiger partial charge on any atom is 0.240 e. The molecule has 22 heavy (non-hydrogen) atoms. The molecule has 2 amide bonds. The zero-order chi connectivity index (χ0) is 14.8. The molecule has 110 valence electrons. The van der Waals surface area contributed by atoms with E-state index < -0.39 is 0 Å². The minimum Gasteiger partial charge on any atom is -0.373 e. The number of carbonyl (C=O) groups excluding carboxylic acids is 2. The molecule has 4 heteroatoms. The number of anilines is 1. The average Bonchev–Trinajstić information content (AvgIpc) is 3.21. The third kappa shape index (κ3) is 1.45. The van der Waals surface area contributed by atoms with Crippen LogP contribution in [0.4, 0.5) is 5.69 Å². The van der Waals surface area contributed by atoms with Crippen LogP contribution >= 0.6 is 0 Å². The number of amides is 2. The number of rotatable bonds is 1. The molecule has 4 nitrogen and oxygen atoms in total. The van der Waals surface area contributed by atoms with E-state index in [0.29, 0.717) is 5.69 Å². The Morgan fingerprint density at radius 1 is 0.864 bits per heavy atom. The molecule has 3 saturated heterocycles. The van der Waals surface area contributed by atoms with E-state index in [1.54, 1.807) is 0 Å². The van der Waals surface area contributed by atoms with Crippen molar-refractivity contribution in [2.45, 2.75) is 25.0 Å². The fraction of sp³-hybridized carbons (Fsp3) is 0.333. The Balaban J connectivity index is 1.59. The lowest BCUT2D eigenvalue weighted by atomic mass is 9.81. The maximum atomic E-state index is 12.7. The van der Waals surface area contributed by atoms with Crippen LogP contribution < -0.4 is 4.90 Å². The Morgan fingerprint density at radius 2 is 1.50 bits per heavy atom. The second kappa shape index (κ2) is 4.17. The summed E-state index contributed by atoms with van der Waals surface area (Å²) in [5.41, 5.74) is 0.683. The summed E-state index contributed by atoms with van der Waals surface area (Å²) in [5.74, 6) is -0.703. The van der Waals surface area contributed by atoms with E-state index in [9.17, 15) is 9.59 Å². The lowest BCUT2D eigenvalue weighted by Crippen LogP contribution is -2.34. The van der Waals surface area contributed by atoms with Gasteiger partial charge in [-0.15, -0.1) is 0 Å². The monoisotopic (exact) mass is 293 g/mol. The molecule has 2 bridgehead atoms. The van der Waals surface area contributed by atoms with Crippen LogP contribution in [0.5, 0.6) is 0 Å². The fourth-order valence-electron chi connectivity index (χ4n) is 4.28. The van der Waals surface area contributed by atoms with Gasteiger partial charge in [-0.05, 0) is 35.7 Å². The second-order valence-corrected chi connectivity index (χ2v) is 6.39. The zero-order valence-electron chi connectivity index (χ0n) is 11.9. The zero-order valence-corrected chi connectivity index (χ0v) is 11.9. The van der Waals surface area contributed by atoms with Gasteiger partial charge in [0.25, 0.3) is 0 Å². The van der Waals surface area contributed by atoms with Crippen LogP contribution in [0.3, 0.4) is 0 Å². The van der Waals surface area contributed by atoms with Gasteiger partial charge < -0.3 is 4.74 Å². The number of ether oxygens (including phenoxy) is 1. The number of imide groups is 1. The summed E-state index contributed by atoms with van der Waals surface area (Å²) in [5, 5.41) is 2.14. The Bertz CT molecular complexity index is 787. The van der Waals surface area contributed by atoms with Crippen molar-refractivity contribution in [1.82, 2.24) is 0 Å². The van der Waals surface area contributed by atoms with Crippen molar-refractivity contribution in [2.24, 2.45) is 11.8 Å². The van der Waals surface area contributed by atoms with E-state index in [1.165, 1.54) is 4.90 Å². The minimum atomic E-state index is -0.266. The van der Waals surface area contributed by atoms with E-state index in [4.69, 9.17) is 4.74 Å². The van der Waals surface area contributed by atoms with Gasteiger partial charge in [0.05, 0.1) is 29.7 Å². The summed E-state index contributed by atoms with van der Waals surface area (Å²) in [4.78, 5) is 26.9. The second-order valence-electron chi connectivity index (χ2n) is 6.39. The summed E-state index contributed by atoms with van der Waals surface area (Å²) >= 11 is 0. The first-order valence-corrected chi connectivity index (χ1v) is 7.76. The summed E-state index contributed by atoms with van der Waals surface area (Å²) < 4.78 is 5.77. The van der Waals surface area contributed by atoms with Gasteiger partial charge in [-0.2, -0.15) is 0 Å². The largest absolute Gasteiger partial charge is 0.373 e. The van der Waals surface area contributed by atoms with Crippen molar-refractivity contribution in [3.63, 3.8) is 0 Å². The molecule has 0 aromatic heterocycles. The number of hydrogen-bond acceptors (Lipinski definition) is 3. The molecule has 0 unspecified atom stereocenters. The molecule has 0 spiro atoms. The molecular weight excluding hydrogens is 278 g/mol. The van der Waals surface area contributed by atoms with Gasteiger partial charge >= 0.3 is 0 Å². The molecule has 3 heterocycles. The average molecular weight is 293 g/mol. The molecule has 0 aliphatic carbocycles. The first kappa shape index (κ1) is 12.4. The first-order valence-electron chi connectivity index (χ1n) is 7.76. The number of nitrogens with zero attached hydrogens (tertiary/aromatic N) is 1. The van der Waals surface area contributed by atoms with Crippen molar-refractivity contribution in [3.05, 3.63) is 42.5 Å². The van der Waals surface area contributed by atoms with Crippen LogP contribution in [-0.4, -0.2) is 24.0 Å². The molecule has 0 N–H and O–H groups in total. The van der Waals surface area contributed by atoms with Crippen molar-refractivity contribution < 1.29 is 14.3 Å². The van der Waals surface area contributed by atoms with Crippen molar-refractivity contribution in [1.29, 1.82) is 0 Å². The Kier molecular flexibility index (Phi) is 2.34. The predicted octanol–water partition coefficient (Wildman–Crippen LogP) is 2.51. The summed E-state index contributed by atoms with van der Waals surface area (Å²) in [7, 11) is 0. The van der Waals surface area contributed by atoms with Crippen LogP contribution in [0.25, 0.3) is 10.8 Å². The number of benzene rings is 2. The fourth-order valence-corrected chi connectivity index (χ4v) is 4.28. The van der Waals surface area contributed by atoms with Gasteiger partial charge in [0.2, 0.25) is 11.8 Å². The van der Waals surface area contributed by atoms with E-state index in [-0.39, 0.29) is 35.9 Å². The summed E-state index contributed by atoms with van der Waals surface area (Å²) in [6, 6.07) is 13.7. The van der Waals surface area contributed by atoms with Crippen LogP contribution in [0.2, 0.25) is 0 Å². The van der Waals surface area contributed by atoms with Crippen LogP contribution in [0.1, 0.15) is 12.8 Å². The van der Waals surface area contributed by atoms with Crippen LogP contribution in [-0.2, 0) is 14.3 Å². The Hall–Kier alpha value is -2.20. The quantitative estimate of drug-likeness (QED) is 0.759. The molecule has 0 radical (unpaired) electrons. The van der Waals surface area contributed by atoms with Gasteiger partial charge in [-0.3, -0.25) is 9.59 Å². The van der Waals surface area contributed by atoms with E-state index in [2.05, 4.69) is 0 Å². The van der Waals surface area contributed by atoms with Crippen molar-refractivity contribution in [3.8, 4) is 0 Å². The highest BCUT2D eigenvalue weighted by Crippen LogP contribution is 2.49. The summed E-state index contributed by atoms with van der Waals surface area (Å²) in [6.45, 7) is 0. The highest BCUT2D eigenvalue weighted by molar-refractivity contribution is 6.23. The molecule has 3 aliphatic rings. The van der Waals surface area contributed by atoms with Crippen molar-refractivity contribution in [2.75, 3.05) is 4.90 Å². The number of fused-ring (bicyclic) bond motifs is 6. The molecule has 0 saturated carbocycles. The van der Waals surface area contributed by atoms with Gasteiger partial charge in [-0.1, -0.05) is 30.3 Å². The highest BCUT2D eigenvalue weighted by Gasteiger charge is 2.62. The van der Waals surface area contributed by atoms with Gasteiger partial charge in [-0.25, -0.2) is 4.90 Å². The third-order valence-electron chi connectivity index (χ3n) is 5.28. The SMILES string of the molecule is O=C1[C@@H]2[C@H](C(=O)N1c1ccc3ccccc3c1)[C@@H]1CC[C@H]2O1. The standard InChI is InChI=1S/C18H15NO3/c20-17-15-13-7-8-14(22-13)16(15)18(21)19(17)12-6-5-10-3-1-2-4-11(10)9-12/h1-6,9,13-16H,7-8H2/t13-,14+,15+,16-. The molecule has 2 aromatic rings. The smallest absolute Gasteiger partial charge is 0.240 e. The van der Waals surface area contributed by atoms with E-state index in [0.717, 1.165) is 23.6 Å². The Morgan fingerprint density at radius 3 is 2.18 bits per heavy atom. The summed E-state index contributed by atoms with van der Waals surface area (Å²) in [6.07, 6.45) is 1.68. The molecule has 4 atom stereocenters. The lowest BCUT2D eigenvalue weighted by Gasteiger charge is -2.18.